The third kappa shape index (κ3) is 4.93. The lowest BCUT2D eigenvalue weighted by atomic mass is 10.1. The molecular weight excluding hydrogens is 753 g/mol. The van der Waals surface area contributed by atoms with Crippen LogP contribution in [-0.2, 0) is 28.8 Å². The van der Waals surface area contributed by atoms with Gasteiger partial charge in [-0.25, -0.2) is 16.8 Å². The molecule has 0 saturated carbocycles. The highest BCUT2D eigenvalue weighted by molar-refractivity contribution is 7.92. The minimum Gasteiger partial charge on any atom is -0.308 e. The zero-order valence-corrected chi connectivity index (χ0v) is 32.2. The minimum absolute atomic E-state index is 0.0172. The number of sulfone groups is 2. The van der Waals surface area contributed by atoms with Crippen LogP contribution in [0.3, 0.4) is 0 Å². The van der Waals surface area contributed by atoms with E-state index in [1.807, 2.05) is 36.1 Å². The Kier molecular flexibility index (Phi) is 7.90. The molecule has 2 atom stereocenters. The first-order valence-electron chi connectivity index (χ1n) is 17.1. The lowest BCUT2D eigenvalue weighted by molar-refractivity contribution is 0.591. The quantitative estimate of drug-likeness (QED) is 0.167. The van der Waals surface area contributed by atoms with Crippen molar-refractivity contribution in [2.75, 3.05) is 4.90 Å². The van der Waals surface area contributed by atoms with Crippen molar-refractivity contribution in [3.05, 3.63) is 175 Å². The highest BCUT2D eigenvalue weighted by Gasteiger charge is 2.50. The van der Waals surface area contributed by atoms with Crippen LogP contribution in [0.15, 0.2) is 189 Å². The van der Waals surface area contributed by atoms with E-state index in [0.29, 0.717) is 54.5 Å². The summed E-state index contributed by atoms with van der Waals surface area (Å²) < 4.78 is 88.9. The van der Waals surface area contributed by atoms with E-state index in [0.717, 1.165) is 0 Å². The van der Waals surface area contributed by atoms with Gasteiger partial charge in [-0.1, -0.05) is 97.1 Å². The highest BCUT2D eigenvalue weighted by atomic mass is 32.2. The maximum absolute atomic E-state index is 16.3. The van der Waals surface area contributed by atoms with Gasteiger partial charge >= 0.3 is 0 Å². The van der Waals surface area contributed by atoms with Gasteiger partial charge in [0.05, 0.1) is 36.6 Å². The first kappa shape index (κ1) is 34.5. The predicted molar refractivity (Wildman–Crippen MR) is 216 cm³/mol. The van der Waals surface area contributed by atoms with Gasteiger partial charge in [0, 0.05) is 31.8 Å². The molecule has 0 saturated heterocycles. The van der Waals surface area contributed by atoms with E-state index in [2.05, 4.69) is 0 Å². The molecule has 7 aromatic rings. The van der Waals surface area contributed by atoms with Gasteiger partial charge in [-0.05, 0) is 85.3 Å². The molecule has 2 aliphatic heterocycles. The van der Waals surface area contributed by atoms with E-state index >= 15 is 9.13 Å². The molecule has 0 amide bonds. The Hall–Kier alpha value is -5.30. The largest absolute Gasteiger partial charge is 0.308 e. The molecule has 0 bridgehead atoms. The molecule has 2 aliphatic rings. The van der Waals surface area contributed by atoms with Crippen LogP contribution in [0.1, 0.15) is 5.56 Å². The van der Waals surface area contributed by atoms with E-state index in [9.17, 15) is 16.8 Å². The maximum Gasteiger partial charge on any atom is 0.206 e. The molecule has 0 aromatic heterocycles. The standard InChI is InChI=1S/C43H31NO6P2S2/c1-30-26-41-43-42(27-30)52(46,32-16-8-3-9-17-32)40-29-36(54(49,50)34-20-12-5-13-21-34)23-25-38(40)44(43)37-24-22-35(53(47,48)33-18-10-4-11-19-33)28-39(37)51(41,45)31-14-6-2-7-15-31/h2-29H,1H3. The summed E-state index contributed by atoms with van der Waals surface area (Å²) in [5, 5.41) is 2.45. The second-order valence-corrected chi connectivity index (χ2v) is 22.6. The van der Waals surface area contributed by atoms with E-state index in [1.165, 1.54) is 48.5 Å². The van der Waals surface area contributed by atoms with Crippen molar-refractivity contribution in [2.24, 2.45) is 0 Å². The summed E-state index contributed by atoms with van der Waals surface area (Å²) in [5.41, 5.74) is 2.08. The molecule has 7 aromatic carbocycles. The fourth-order valence-corrected chi connectivity index (χ4v) is 16.7. The summed E-state index contributed by atoms with van der Waals surface area (Å²) in [6, 6.07) is 47.2. The summed E-state index contributed by atoms with van der Waals surface area (Å²) in [5.74, 6) is 0. The Morgan fingerprint density at radius 3 is 1.13 bits per heavy atom. The number of hydrogen-bond acceptors (Lipinski definition) is 7. The van der Waals surface area contributed by atoms with Crippen molar-refractivity contribution in [1.82, 2.24) is 0 Å². The SMILES string of the molecule is Cc1cc2c3c(c1)P(=O)(c1ccccc1)c1cc(S(=O)(=O)c4ccccc4)ccc1N3c1ccc(S(=O)(=O)c3ccccc3)cc1P2(=O)c1ccccc1. The molecule has 0 spiro atoms. The Labute approximate surface area is 314 Å². The van der Waals surface area contributed by atoms with Crippen LogP contribution in [0.4, 0.5) is 17.1 Å². The van der Waals surface area contributed by atoms with Crippen molar-refractivity contribution in [2.45, 2.75) is 26.5 Å². The average Bonchev–Trinajstić information content (AvgIpc) is 3.21. The zero-order chi connectivity index (χ0) is 37.5. The molecule has 2 heterocycles. The van der Waals surface area contributed by atoms with Crippen LogP contribution in [0, 0.1) is 6.92 Å². The van der Waals surface area contributed by atoms with Crippen LogP contribution >= 0.6 is 14.3 Å². The monoisotopic (exact) mass is 783 g/mol. The smallest absolute Gasteiger partial charge is 0.206 e. The van der Waals surface area contributed by atoms with Crippen molar-refractivity contribution < 1.29 is 26.0 Å². The molecule has 0 radical (unpaired) electrons. The van der Waals surface area contributed by atoms with Crippen LogP contribution in [0.2, 0.25) is 0 Å². The number of benzene rings is 7. The van der Waals surface area contributed by atoms with E-state index < -0.39 is 34.0 Å². The Morgan fingerprint density at radius 2 is 0.759 bits per heavy atom. The molecule has 9 rings (SSSR count). The van der Waals surface area contributed by atoms with Gasteiger partial charge in [-0.3, -0.25) is 0 Å². The van der Waals surface area contributed by atoms with Crippen molar-refractivity contribution >= 4 is 82.8 Å². The molecule has 266 valence electrons. The third-order valence-electron chi connectivity index (χ3n) is 10.1. The van der Waals surface area contributed by atoms with Crippen LogP contribution in [-0.4, -0.2) is 16.8 Å². The normalized spacial score (nSPS) is 18.6. The third-order valence-corrected chi connectivity index (χ3v) is 19.8. The number of fused-ring (bicyclic) bond motifs is 4. The number of rotatable bonds is 6. The summed E-state index contributed by atoms with van der Waals surface area (Å²) in [6.07, 6.45) is 0. The van der Waals surface area contributed by atoms with Gasteiger partial charge in [0.2, 0.25) is 19.7 Å². The second-order valence-electron chi connectivity index (χ2n) is 13.3. The number of anilines is 3. The van der Waals surface area contributed by atoms with Crippen molar-refractivity contribution in [1.29, 1.82) is 0 Å². The lowest BCUT2D eigenvalue weighted by Crippen LogP contribution is -2.46. The van der Waals surface area contributed by atoms with Crippen LogP contribution in [0.25, 0.3) is 0 Å². The van der Waals surface area contributed by atoms with E-state index in [-0.39, 0.29) is 19.6 Å². The molecule has 2 unspecified atom stereocenters. The fourth-order valence-electron chi connectivity index (χ4n) is 7.61. The zero-order valence-electron chi connectivity index (χ0n) is 28.8. The van der Waals surface area contributed by atoms with Crippen molar-refractivity contribution in [3.8, 4) is 0 Å². The average molecular weight is 784 g/mol. The van der Waals surface area contributed by atoms with Gasteiger partial charge in [-0.15, -0.1) is 0 Å². The number of hydrogen-bond donors (Lipinski definition) is 0. The molecule has 0 N–H and O–H groups in total. The van der Waals surface area contributed by atoms with Crippen LogP contribution in [0.5, 0.6) is 0 Å². The summed E-state index contributed by atoms with van der Waals surface area (Å²) in [4.78, 5) is 2.05. The van der Waals surface area contributed by atoms with E-state index in [1.54, 1.807) is 97.1 Å². The summed E-state index contributed by atoms with van der Waals surface area (Å²) in [6.45, 7) is 1.85. The Morgan fingerprint density at radius 1 is 0.407 bits per heavy atom. The molecule has 0 fully saturated rings. The topological polar surface area (TPSA) is 106 Å². The van der Waals surface area contributed by atoms with Crippen LogP contribution < -0.4 is 36.7 Å². The number of aryl methyl sites for hydroxylation is 1. The number of nitrogens with zero attached hydrogens (tertiary/aromatic N) is 1. The Bertz CT molecular complexity index is 2780. The minimum atomic E-state index is -4.02. The van der Waals surface area contributed by atoms with Gasteiger partial charge in [0.25, 0.3) is 0 Å². The Balaban J connectivity index is 1.40. The maximum atomic E-state index is 16.3. The molecule has 7 nitrogen and oxygen atoms in total. The van der Waals surface area contributed by atoms with E-state index in [4.69, 9.17) is 0 Å². The first-order valence-corrected chi connectivity index (χ1v) is 23.5. The summed E-state index contributed by atoms with van der Waals surface area (Å²) >= 11 is 0. The predicted octanol–water partition coefficient (Wildman–Crippen LogP) is 7.04. The van der Waals surface area contributed by atoms with Gasteiger partial charge < -0.3 is 14.0 Å². The molecular formula is C43H31NO6P2S2. The van der Waals surface area contributed by atoms with Crippen molar-refractivity contribution in [3.63, 3.8) is 0 Å². The second kappa shape index (κ2) is 12.4. The first-order chi connectivity index (χ1) is 26.0. The van der Waals surface area contributed by atoms with Gasteiger partial charge in [0.15, 0.2) is 14.3 Å². The molecule has 11 heteroatoms. The highest BCUT2D eigenvalue weighted by Crippen LogP contribution is 2.61. The fraction of sp³-hybridized carbons (Fsp3) is 0.0233. The van der Waals surface area contributed by atoms with Gasteiger partial charge in [-0.2, -0.15) is 0 Å². The molecule has 54 heavy (non-hydrogen) atoms. The van der Waals surface area contributed by atoms with Gasteiger partial charge in [0.1, 0.15) is 0 Å². The summed E-state index contributed by atoms with van der Waals surface area (Å²) in [7, 11) is -15.8. The lowest BCUT2D eigenvalue weighted by Gasteiger charge is -2.44. The molecule has 0 aliphatic carbocycles.